The number of anilines is 1. The fourth-order valence-corrected chi connectivity index (χ4v) is 7.91. The molecule has 6 aromatic carbocycles. The van der Waals surface area contributed by atoms with Crippen LogP contribution in [0.4, 0.5) is 18.9 Å². The Balaban J connectivity index is 0.000000193. The minimum absolute atomic E-state index is 0.0967. The second-order valence-corrected chi connectivity index (χ2v) is 17.2. The van der Waals surface area contributed by atoms with Gasteiger partial charge >= 0.3 is 15.5 Å². The number of sulfonamides is 2. The number of nitrogens with one attached hydrogen (secondary N) is 3. The summed E-state index contributed by atoms with van der Waals surface area (Å²) in [4.78, 5) is 15.6. The average Bonchev–Trinajstić information content (AvgIpc) is 3.89. The number of hydrogen-bond donors (Lipinski definition) is 4. The molecule has 0 radical (unpaired) electrons. The van der Waals surface area contributed by atoms with Crippen molar-refractivity contribution in [3.8, 4) is 33.8 Å². The number of nitrogens with two attached hydrogens (primary N) is 1. The van der Waals surface area contributed by atoms with E-state index >= 15 is 0 Å². The predicted molar refractivity (Wildman–Crippen MR) is 246 cm³/mol. The third kappa shape index (κ3) is 10.9. The number of nitrogens with zero attached hydrogens (tertiary/aromatic N) is 2. The quantitative estimate of drug-likeness (QED) is 0.0881. The molecule has 328 valence electrons. The van der Waals surface area contributed by atoms with E-state index in [2.05, 4.69) is 19.9 Å². The molecule has 0 aliphatic carbocycles. The lowest BCUT2D eigenvalue weighted by Gasteiger charge is -2.14. The molecule has 64 heavy (non-hydrogen) atoms. The van der Waals surface area contributed by atoms with Crippen molar-refractivity contribution in [1.29, 1.82) is 0 Å². The summed E-state index contributed by atoms with van der Waals surface area (Å²) in [6.45, 7) is 5.10. The van der Waals surface area contributed by atoms with Crippen LogP contribution < -0.4 is 19.3 Å². The number of alkyl halides is 3. The van der Waals surface area contributed by atoms with E-state index in [0.29, 0.717) is 52.6 Å². The van der Waals surface area contributed by atoms with Gasteiger partial charge in [-0.25, -0.2) is 23.5 Å². The molecule has 8 aromatic rings. The number of H-pyrrole nitrogens is 2. The number of aromatic amines is 2. The number of rotatable bonds is 13. The van der Waals surface area contributed by atoms with Crippen LogP contribution in [-0.2, 0) is 20.0 Å². The number of imidazole rings is 2. The molecule has 8 rings (SSSR count). The maximum Gasteiger partial charge on any atom is 0.516 e. The first kappa shape index (κ1) is 44.8. The first-order valence-corrected chi connectivity index (χ1v) is 22.8. The molecule has 0 amide bonds. The van der Waals surface area contributed by atoms with E-state index in [1.165, 1.54) is 18.2 Å². The van der Waals surface area contributed by atoms with Crippen LogP contribution in [0.3, 0.4) is 0 Å². The molecule has 0 spiro atoms. The standard InChI is InChI=1S/C24H20F3N3O3S.C23H21N3O3S/c1-2-33-18-11-7-16(8-12-18)9-14-23-28-21-13-10-17(15-22(21)29-23)19-5-3-4-6-20(19)30-34(31,32)24(25,26)27;1-2-29-18-11-7-16(8-12-18)9-14-23-25-20-13-10-17(15-21(20)26-23)19-5-3-4-6-22(19)30(24,27)28/h3-15,30H,2H2,1H3,(H,28,29);3-15H,2H2,1H3,(H,25,26)(H2,24,27,28)/b2*14-9+. The summed E-state index contributed by atoms with van der Waals surface area (Å²) in [5.41, 5.74) is 1.43. The summed E-state index contributed by atoms with van der Waals surface area (Å²) in [5, 5.41) is 5.37. The van der Waals surface area contributed by atoms with E-state index in [1.807, 2.05) is 98.8 Å². The van der Waals surface area contributed by atoms with Crippen LogP contribution >= 0.6 is 0 Å². The van der Waals surface area contributed by atoms with Gasteiger partial charge in [-0.15, -0.1) is 0 Å². The van der Waals surface area contributed by atoms with Crippen molar-refractivity contribution >= 4 is 72.1 Å². The van der Waals surface area contributed by atoms with Crippen molar-refractivity contribution in [2.24, 2.45) is 5.14 Å². The summed E-state index contributed by atoms with van der Waals surface area (Å²) in [5.74, 6) is 2.92. The number of benzene rings is 6. The van der Waals surface area contributed by atoms with Gasteiger partial charge in [0, 0.05) is 11.1 Å². The number of hydrogen-bond acceptors (Lipinski definition) is 8. The maximum atomic E-state index is 12.8. The molecule has 17 heteroatoms. The predicted octanol–water partition coefficient (Wildman–Crippen LogP) is 10.5. The lowest BCUT2D eigenvalue weighted by atomic mass is 10.0. The number of ether oxygens (including phenoxy) is 2. The normalized spacial score (nSPS) is 12.2. The molecule has 0 saturated carbocycles. The molecule has 0 fully saturated rings. The fraction of sp³-hybridized carbons (Fsp3) is 0.106. The van der Waals surface area contributed by atoms with Crippen LogP contribution in [0.25, 0.3) is 68.6 Å². The van der Waals surface area contributed by atoms with Crippen molar-refractivity contribution in [1.82, 2.24) is 19.9 Å². The maximum absolute atomic E-state index is 12.8. The SMILES string of the molecule is CCOc1ccc(/C=C/c2nc3ccc(-c4ccccc4NS(=O)(=O)C(F)(F)F)cc3[nH]2)cc1.CCOc1ccc(/C=C/c2nc3ccc(-c4ccccc4S(N)(=O)=O)cc3[nH]2)cc1. The Morgan fingerprint density at radius 2 is 1.06 bits per heavy atom. The second kappa shape index (κ2) is 19.0. The van der Waals surface area contributed by atoms with Gasteiger partial charge < -0.3 is 19.4 Å². The molecule has 5 N–H and O–H groups in total. The Bertz CT molecular complexity index is 3200. The Labute approximate surface area is 367 Å². The lowest BCUT2D eigenvalue weighted by Crippen LogP contribution is -2.30. The Morgan fingerprint density at radius 3 is 1.53 bits per heavy atom. The Morgan fingerprint density at radius 1 is 0.609 bits per heavy atom. The van der Waals surface area contributed by atoms with Gasteiger partial charge in [-0.1, -0.05) is 84.9 Å². The molecule has 0 aliphatic rings. The van der Waals surface area contributed by atoms with Crippen LogP contribution in [0.1, 0.15) is 36.6 Å². The van der Waals surface area contributed by atoms with Gasteiger partial charge in [0.05, 0.1) is 45.9 Å². The summed E-state index contributed by atoms with van der Waals surface area (Å²) in [6, 6.07) is 38.6. The molecule has 2 heterocycles. The zero-order valence-electron chi connectivity index (χ0n) is 34.3. The van der Waals surface area contributed by atoms with Crippen molar-refractivity contribution in [2.75, 3.05) is 17.9 Å². The van der Waals surface area contributed by atoms with Crippen molar-refractivity contribution < 1.29 is 39.5 Å². The van der Waals surface area contributed by atoms with Crippen molar-refractivity contribution in [2.45, 2.75) is 24.3 Å². The Kier molecular flexibility index (Phi) is 13.3. The first-order chi connectivity index (χ1) is 30.6. The van der Waals surface area contributed by atoms with Crippen LogP contribution in [0, 0.1) is 0 Å². The molecule has 0 atom stereocenters. The van der Waals surface area contributed by atoms with Crippen LogP contribution in [-0.4, -0.2) is 55.5 Å². The van der Waals surface area contributed by atoms with E-state index in [4.69, 9.17) is 14.6 Å². The van der Waals surface area contributed by atoms with Crippen LogP contribution in [0.5, 0.6) is 11.5 Å². The van der Waals surface area contributed by atoms with Gasteiger partial charge in [-0.05, 0) is 109 Å². The van der Waals surface area contributed by atoms with E-state index in [9.17, 15) is 30.0 Å². The largest absolute Gasteiger partial charge is 0.516 e. The van der Waals surface area contributed by atoms with E-state index in [-0.39, 0.29) is 10.6 Å². The third-order valence-electron chi connectivity index (χ3n) is 9.54. The number of halogens is 3. The van der Waals surface area contributed by atoms with Crippen molar-refractivity contribution in [3.05, 3.63) is 156 Å². The second-order valence-electron chi connectivity index (χ2n) is 14.0. The molecular formula is C47H41F3N6O6S2. The van der Waals surface area contributed by atoms with Gasteiger partial charge in [-0.2, -0.15) is 21.6 Å². The van der Waals surface area contributed by atoms with Gasteiger partial charge in [0.15, 0.2) is 0 Å². The molecule has 0 unspecified atom stereocenters. The average molecular weight is 907 g/mol. The molecule has 2 aromatic heterocycles. The highest BCUT2D eigenvalue weighted by Gasteiger charge is 2.46. The molecule has 12 nitrogen and oxygen atoms in total. The van der Waals surface area contributed by atoms with Gasteiger partial charge in [0.2, 0.25) is 10.0 Å². The summed E-state index contributed by atoms with van der Waals surface area (Å²) >= 11 is 0. The number of fused-ring (bicyclic) bond motifs is 2. The first-order valence-electron chi connectivity index (χ1n) is 19.7. The van der Waals surface area contributed by atoms with Gasteiger partial charge in [0.1, 0.15) is 23.1 Å². The number of primary sulfonamides is 1. The monoisotopic (exact) mass is 906 g/mol. The third-order valence-corrected chi connectivity index (χ3v) is 11.6. The topological polar surface area (TPSA) is 182 Å². The van der Waals surface area contributed by atoms with E-state index in [1.54, 1.807) is 59.3 Å². The molecule has 0 bridgehead atoms. The summed E-state index contributed by atoms with van der Waals surface area (Å²) < 4.78 is 98.0. The zero-order valence-corrected chi connectivity index (χ0v) is 35.9. The Hall–Kier alpha value is -7.21. The lowest BCUT2D eigenvalue weighted by molar-refractivity contribution is -0.0429. The van der Waals surface area contributed by atoms with Gasteiger partial charge in [0.25, 0.3) is 0 Å². The van der Waals surface area contributed by atoms with Gasteiger partial charge in [-0.3, -0.25) is 4.72 Å². The van der Waals surface area contributed by atoms with Crippen molar-refractivity contribution in [3.63, 3.8) is 0 Å². The summed E-state index contributed by atoms with van der Waals surface area (Å²) in [7, 11) is -9.37. The smallest absolute Gasteiger partial charge is 0.494 e. The zero-order chi connectivity index (χ0) is 45.5. The number of para-hydroxylation sites is 1. The highest BCUT2D eigenvalue weighted by Crippen LogP contribution is 2.34. The fourth-order valence-electron chi connectivity index (χ4n) is 6.57. The summed E-state index contributed by atoms with van der Waals surface area (Å²) in [6.07, 6.45) is 7.55. The molecule has 0 aliphatic heterocycles. The van der Waals surface area contributed by atoms with E-state index < -0.39 is 25.6 Å². The molecular weight excluding hydrogens is 866 g/mol. The highest BCUT2D eigenvalue weighted by atomic mass is 32.2. The molecule has 0 saturated heterocycles. The number of aromatic nitrogens is 4. The van der Waals surface area contributed by atoms with Crippen LogP contribution in [0.15, 0.2) is 138 Å². The minimum Gasteiger partial charge on any atom is -0.494 e. The van der Waals surface area contributed by atoms with Crippen LogP contribution in [0.2, 0.25) is 0 Å². The minimum atomic E-state index is -5.55. The van der Waals surface area contributed by atoms with E-state index in [0.717, 1.165) is 39.2 Å². The highest BCUT2D eigenvalue weighted by molar-refractivity contribution is 7.93.